The summed E-state index contributed by atoms with van der Waals surface area (Å²) in [6.45, 7) is 8.47. The summed E-state index contributed by atoms with van der Waals surface area (Å²) in [6.07, 6.45) is 3.74. The lowest BCUT2D eigenvalue weighted by atomic mass is 9.99. The van der Waals surface area contributed by atoms with Crippen molar-refractivity contribution in [2.75, 3.05) is 44.3 Å². The maximum atomic E-state index is 13.2. The van der Waals surface area contributed by atoms with Crippen LogP contribution in [0, 0.1) is 12.8 Å². The van der Waals surface area contributed by atoms with Gasteiger partial charge in [0.25, 0.3) is 5.91 Å². The number of likely N-dealkylation sites (tertiary alicyclic amines) is 1. The van der Waals surface area contributed by atoms with Gasteiger partial charge in [-0.3, -0.25) is 4.79 Å². The van der Waals surface area contributed by atoms with Crippen LogP contribution in [0.2, 0.25) is 0 Å². The average molecular weight is 344 g/mol. The summed E-state index contributed by atoms with van der Waals surface area (Å²) in [5.41, 5.74) is 1.11. The summed E-state index contributed by atoms with van der Waals surface area (Å²) in [5.74, 6) is 1.96. The van der Waals surface area contributed by atoms with Gasteiger partial charge in [-0.1, -0.05) is 6.92 Å². The van der Waals surface area contributed by atoms with E-state index in [4.69, 9.17) is 9.15 Å². The van der Waals surface area contributed by atoms with Gasteiger partial charge in [-0.2, -0.15) is 0 Å². The third-order valence-corrected chi connectivity index (χ3v) is 5.11. The first-order chi connectivity index (χ1) is 12.1. The minimum absolute atomic E-state index is 0.0344. The topological polar surface area (TPSA) is 71.7 Å². The Morgan fingerprint density at radius 3 is 2.80 bits per heavy atom. The van der Waals surface area contributed by atoms with Gasteiger partial charge in [0.1, 0.15) is 17.9 Å². The Morgan fingerprint density at radius 1 is 1.24 bits per heavy atom. The quantitative estimate of drug-likeness (QED) is 0.832. The lowest BCUT2D eigenvalue weighted by Crippen LogP contribution is -2.39. The van der Waals surface area contributed by atoms with E-state index in [1.165, 1.54) is 12.7 Å². The predicted octanol–water partition coefficient (Wildman–Crippen LogP) is 2.24. The molecule has 25 heavy (non-hydrogen) atoms. The summed E-state index contributed by atoms with van der Waals surface area (Å²) < 4.78 is 11.3. The molecule has 2 saturated heterocycles. The van der Waals surface area contributed by atoms with Crippen molar-refractivity contribution >= 4 is 22.8 Å². The number of piperidine rings is 1. The lowest BCUT2D eigenvalue weighted by Gasteiger charge is -2.31. The standard InChI is InChI=1S/C18H24N4O3/c1-12-4-3-5-22(10-12)18(23)14-13(2)25-17-15(14)16(19-11-20-17)21-6-8-24-9-7-21/h11-12H,3-10H2,1-2H3/t12-/m1/s1. The highest BCUT2D eigenvalue weighted by molar-refractivity contribution is 6.10. The highest BCUT2D eigenvalue weighted by Crippen LogP contribution is 2.33. The normalized spacial score (nSPS) is 21.8. The van der Waals surface area contributed by atoms with Gasteiger partial charge in [0.15, 0.2) is 0 Å². The van der Waals surface area contributed by atoms with Crippen LogP contribution < -0.4 is 4.90 Å². The molecule has 4 rings (SSSR count). The maximum Gasteiger partial charge on any atom is 0.258 e. The van der Waals surface area contributed by atoms with Gasteiger partial charge in [-0.05, 0) is 25.7 Å². The molecule has 0 aliphatic carbocycles. The summed E-state index contributed by atoms with van der Waals surface area (Å²) >= 11 is 0. The molecular formula is C18H24N4O3. The van der Waals surface area contributed by atoms with Crippen molar-refractivity contribution in [3.05, 3.63) is 17.7 Å². The Hall–Kier alpha value is -2.15. The van der Waals surface area contributed by atoms with Crippen LogP contribution in [0.15, 0.2) is 10.7 Å². The zero-order valence-electron chi connectivity index (χ0n) is 14.8. The smallest absolute Gasteiger partial charge is 0.258 e. The second-order valence-corrected chi connectivity index (χ2v) is 7.01. The van der Waals surface area contributed by atoms with Crippen molar-refractivity contribution in [1.29, 1.82) is 0 Å². The number of amides is 1. The number of aromatic nitrogens is 2. The maximum absolute atomic E-state index is 13.2. The van der Waals surface area contributed by atoms with Gasteiger partial charge >= 0.3 is 0 Å². The molecule has 0 N–H and O–H groups in total. The monoisotopic (exact) mass is 344 g/mol. The molecule has 2 aromatic heterocycles. The number of anilines is 1. The van der Waals surface area contributed by atoms with E-state index in [0.29, 0.717) is 36.2 Å². The van der Waals surface area contributed by atoms with Crippen molar-refractivity contribution in [1.82, 2.24) is 14.9 Å². The molecule has 2 aliphatic rings. The zero-order valence-corrected chi connectivity index (χ0v) is 14.8. The van der Waals surface area contributed by atoms with Gasteiger partial charge in [-0.25, -0.2) is 9.97 Å². The molecule has 7 nitrogen and oxygen atoms in total. The van der Waals surface area contributed by atoms with E-state index in [-0.39, 0.29) is 5.91 Å². The lowest BCUT2D eigenvalue weighted by molar-refractivity contribution is 0.0683. The summed E-state index contributed by atoms with van der Waals surface area (Å²) in [6, 6.07) is 0. The Bertz CT molecular complexity index is 782. The van der Waals surface area contributed by atoms with Gasteiger partial charge < -0.3 is 19.0 Å². The largest absolute Gasteiger partial charge is 0.442 e. The molecule has 2 fully saturated rings. The first-order valence-electron chi connectivity index (χ1n) is 9.01. The molecule has 4 heterocycles. The SMILES string of the molecule is Cc1oc2ncnc(N3CCOCC3)c2c1C(=O)N1CCC[C@@H](C)C1. The summed E-state index contributed by atoms with van der Waals surface area (Å²) in [4.78, 5) is 26.1. The molecule has 134 valence electrons. The molecule has 1 atom stereocenters. The number of furan rings is 1. The van der Waals surface area contributed by atoms with Gasteiger partial charge in [0.05, 0.1) is 24.2 Å². The predicted molar refractivity (Wildman–Crippen MR) is 93.9 cm³/mol. The number of aryl methyl sites for hydroxylation is 1. The molecule has 0 spiro atoms. The van der Waals surface area contributed by atoms with E-state index in [1.54, 1.807) is 0 Å². The third-order valence-electron chi connectivity index (χ3n) is 5.11. The van der Waals surface area contributed by atoms with E-state index < -0.39 is 0 Å². The first kappa shape index (κ1) is 16.3. The Balaban J connectivity index is 1.77. The number of carbonyl (C=O) groups is 1. The van der Waals surface area contributed by atoms with Gasteiger partial charge in [-0.15, -0.1) is 0 Å². The van der Waals surface area contributed by atoms with Crippen molar-refractivity contribution in [2.24, 2.45) is 5.92 Å². The highest BCUT2D eigenvalue weighted by Gasteiger charge is 2.30. The third kappa shape index (κ3) is 2.97. The van der Waals surface area contributed by atoms with Crippen molar-refractivity contribution in [3.63, 3.8) is 0 Å². The molecule has 0 radical (unpaired) electrons. The number of hydrogen-bond acceptors (Lipinski definition) is 6. The number of hydrogen-bond donors (Lipinski definition) is 0. The summed E-state index contributed by atoms with van der Waals surface area (Å²) in [5, 5.41) is 0.741. The highest BCUT2D eigenvalue weighted by atomic mass is 16.5. The fourth-order valence-electron chi connectivity index (χ4n) is 3.83. The van der Waals surface area contributed by atoms with E-state index in [1.807, 2.05) is 11.8 Å². The van der Waals surface area contributed by atoms with Crippen LogP contribution in [0.3, 0.4) is 0 Å². The van der Waals surface area contributed by atoms with Gasteiger partial charge in [0.2, 0.25) is 5.71 Å². The van der Waals surface area contributed by atoms with Crippen LogP contribution in [-0.4, -0.2) is 60.2 Å². The van der Waals surface area contributed by atoms with Crippen LogP contribution in [0.25, 0.3) is 11.1 Å². The number of ether oxygens (including phenoxy) is 1. The second-order valence-electron chi connectivity index (χ2n) is 7.01. The fourth-order valence-corrected chi connectivity index (χ4v) is 3.83. The molecule has 0 bridgehead atoms. The molecule has 7 heteroatoms. The van der Waals surface area contributed by atoms with Crippen molar-refractivity contribution < 1.29 is 13.9 Å². The van der Waals surface area contributed by atoms with Crippen LogP contribution in [0.1, 0.15) is 35.9 Å². The number of rotatable bonds is 2. The molecule has 0 unspecified atom stereocenters. The number of nitrogens with zero attached hydrogens (tertiary/aromatic N) is 4. The molecule has 0 saturated carbocycles. The average Bonchev–Trinajstić information content (AvgIpc) is 2.97. The first-order valence-corrected chi connectivity index (χ1v) is 9.01. The molecule has 2 aliphatic heterocycles. The minimum atomic E-state index is 0.0344. The number of fused-ring (bicyclic) bond motifs is 1. The zero-order chi connectivity index (χ0) is 17.4. The molecular weight excluding hydrogens is 320 g/mol. The molecule has 2 aromatic rings. The van der Waals surface area contributed by atoms with Crippen LogP contribution in [0.5, 0.6) is 0 Å². The van der Waals surface area contributed by atoms with Crippen molar-refractivity contribution in [3.8, 4) is 0 Å². The Morgan fingerprint density at radius 2 is 2.04 bits per heavy atom. The fraction of sp³-hybridized carbons (Fsp3) is 0.611. The molecule has 0 aromatic carbocycles. The van der Waals surface area contributed by atoms with E-state index in [9.17, 15) is 4.79 Å². The summed E-state index contributed by atoms with van der Waals surface area (Å²) in [7, 11) is 0. The van der Waals surface area contributed by atoms with Crippen LogP contribution in [-0.2, 0) is 4.74 Å². The second kappa shape index (κ2) is 6.63. The Labute approximate surface area is 147 Å². The Kier molecular flexibility index (Phi) is 4.33. The number of morpholine rings is 1. The molecule has 1 amide bonds. The number of carbonyl (C=O) groups excluding carboxylic acids is 1. The van der Waals surface area contributed by atoms with Crippen LogP contribution in [0.4, 0.5) is 5.82 Å². The van der Waals surface area contributed by atoms with Crippen LogP contribution >= 0.6 is 0 Å². The van der Waals surface area contributed by atoms with Gasteiger partial charge in [0, 0.05) is 26.2 Å². The van der Waals surface area contributed by atoms with E-state index >= 15 is 0 Å². The minimum Gasteiger partial charge on any atom is -0.442 e. The van der Waals surface area contributed by atoms with E-state index in [0.717, 1.165) is 43.8 Å². The van der Waals surface area contributed by atoms with E-state index in [2.05, 4.69) is 21.8 Å². The van der Waals surface area contributed by atoms with Crippen molar-refractivity contribution in [2.45, 2.75) is 26.7 Å².